The Morgan fingerprint density at radius 3 is 2.26 bits per heavy atom. The van der Waals surface area contributed by atoms with Crippen LogP contribution >= 0.6 is 0 Å². The van der Waals surface area contributed by atoms with Crippen molar-refractivity contribution < 1.29 is 19.0 Å². The minimum Gasteiger partial charge on any atom is -0.493 e. The van der Waals surface area contributed by atoms with Crippen molar-refractivity contribution in [3.8, 4) is 17.2 Å². The van der Waals surface area contributed by atoms with Gasteiger partial charge in [-0.1, -0.05) is 24.3 Å². The standard InChI is InChI=1S/C23H28N4O4/c1-4-31-22-20(29-2)12-19(13-21(22)30-3)15-25-23(28)24-14-17-7-5-8-18(11-17)16-27-10-6-9-26-27/h5-13H,4,14-16H2,1-3H3,(H2,24,25,28). The summed E-state index contributed by atoms with van der Waals surface area (Å²) in [4.78, 5) is 12.3. The highest BCUT2D eigenvalue weighted by Crippen LogP contribution is 2.38. The van der Waals surface area contributed by atoms with Crippen LogP contribution in [0.15, 0.2) is 54.9 Å². The molecule has 31 heavy (non-hydrogen) atoms. The third kappa shape index (κ3) is 6.15. The SMILES string of the molecule is CCOc1c(OC)cc(CNC(=O)NCc2cccc(Cn3cccn3)c2)cc1OC. The molecule has 0 bridgehead atoms. The van der Waals surface area contributed by atoms with Gasteiger partial charge in [0.05, 0.1) is 27.4 Å². The van der Waals surface area contributed by atoms with E-state index in [1.165, 1.54) is 0 Å². The number of aromatic nitrogens is 2. The van der Waals surface area contributed by atoms with Crippen molar-refractivity contribution in [1.29, 1.82) is 0 Å². The van der Waals surface area contributed by atoms with Gasteiger partial charge in [-0.2, -0.15) is 5.10 Å². The number of benzene rings is 2. The number of urea groups is 1. The van der Waals surface area contributed by atoms with Gasteiger partial charge in [-0.05, 0) is 41.8 Å². The van der Waals surface area contributed by atoms with Gasteiger partial charge in [-0.15, -0.1) is 0 Å². The lowest BCUT2D eigenvalue weighted by atomic mass is 10.1. The third-order valence-electron chi connectivity index (χ3n) is 4.61. The van der Waals surface area contributed by atoms with E-state index < -0.39 is 0 Å². The molecule has 8 nitrogen and oxygen atoms in total. The summed E-state index contributed by atoms with van der Waals surface area (Å²) in [6.45, 7) is 3.83. The van der Waals surface area contributed by atoms with Crippen LogP contribution in [0.25, 0.3) is 0 Å². The van der Waals surface area contributed by atoms with Crippen LogP contribution in [0.5, 0.6) is 17.2 Å². The van der Waals surface area contributed by atoms with E-state index >= 15 is 0 Å². The molecule has 0 spiro atoms. The molecule has 0 aliphatic rings. The van der Waals surface area contributed by atoms with Crippen LogP contribution in [-0.4, -0.2) is 36.6 Å². The molecule has 0 aliphatic heterocycles. The molecule has 0 fully saturated rings. The average Bonchev–Trinajstić information content (AvgIpc) is 3.30. The second-order valence-electron chi connectivity index (χ2n) is 6.82. The van der Waals surface area contributed by atoms with Crippen molar-refractivity contribution in [1.82, 2.24) is 20.4 Å². The van der Waals surface area contributed by atoms with Gasteiger partial charge in [0, 0.05) is 25.5 Å². The van der Waals surface area contributed by atoms with Gasteiger partial charge in [0.25, 0.3) is 0 Å². The molecule has 164 valence electrons. The first-order valence-corrected chi connectivity index (χ1v) is 10.1. The first kappa shape index (κ1) is 22.0. The maximum atomic E-state index is 12.3. The number of methoxy groups -OCH3 is 2. The number of hydrogen-bond acceptors (Lipinski definition) is 5. The lowest BCUT2D eigenvalue weighted by Gasteiger charge is -2.15. The van der Waals surface area contributed by atoms with Gasteiger partial charge in [0.1, 0.15) is 0 Å². The molecular formula is C23H28N4O4. The van der Waals surface area contributed by atoms with Crippen molar-refractivity contribution >= 4 is 6.03 Å². The maximum Gasteiger partial charge on any atom is 0.315 e. The van der Waals surface area contributed by atoms with Gasteiger partial charge in [-0.3, -0.25) is 4.68 Å². The Morgan fingerprint density at radius 2 is 1.65 bits per heavy atom. The summed E-state index contributed by atoms with van der Waals surface area (Å²) in [7, 11) is 3.14. The van der Waals surface area contributed by atoms with Crippen LogP contribution in [0.2, 0.25) is 0 Å². The zero-order valence-corrected chi connectivity index (χ0v) is 18.1. The Bertz CT molecular complexity index is 964. The van der Waals surface area contributed by atoms with Crippen LogP contribution in [0.1, 0.15) is 23.6 Å². The maximum absolute atomic E-state index is 12.3. The fraction of sp³-hybridized carbons (Fsp3) is 0.304. The Morgan fingerprint density at radius 1 is 0.968 bits per heavy atom. The minimum absolute atomic E-state index is 0.260. The predicted octanol–water partition coefficient (Wildman–Crippen LogP) is 3.35. The fourth-order valence-electron chi connectivity index (χ4n) is 3.17. The molecule has 2 amide bonds. The normalized spacial score (nSPS) is 10.4. The zero-order valence-electron chi connectivity index (χ0n) is 18.1. The second-order valence-corrected chi connectivity index (χ2v) is 6.82. The van der Waals surface area contributed by atoms with Gasteiger partial charge in [-0.25, -0.2) is 4.79 Å². The van der Waals surface area contributed by atoms with E-state index in [1.54, 1.807) is 20.4 Å². The predicted molar refractivity (Wildman–Crippen MR) is 118 cm³/mol. The van der Waals surface area contributed by atoms with Crippen LogP contribution in [-0.2, 0) is 19.6 Å². The minimum atomic E-state index is -0.260. The summed E-state index contributed by atoms with van der Waals surface area (Å²) >= 11 is 0. The molecule has 0 aliphatic carbocycles. The topological polar surface area (TPSA) is 86.6 Å². The quantitative estimate of drug-likeness (QED) is 0.521. The summed E-state index contributed by atoms with van der Waals surface area (Å²) in [5.41, 5.74) is 2.98. The Labute approximate surface area is 182 Å². The van der Waals surface area contributed by atoms with Gasteiger partial charge < -0.3 is 24.8 Å². The summed E-state index contributed by atoms with van der Waals surface area (Å²) in [5, 5.41) is 9.96. The van der Waals surface area contributed by atoms with Gasteiger partial charge >= 0.3 is 6.03 Å². The zero-order chi connectivity index (χ0) is 22.1. The van der Waals surface area contributed by atoms with Crippen molar-refractivity contribution in [3.05, 3.63) is 71.5 Å². The number of nitrogens with one attached hydrogen (secondary N) is 2. The molecule has 1 heterocycles. The van der Waals surface area contributed by atoms with Crippen LogP contribution in [0.4, 0.5) is 4.79 Å². The highest BCUT2D eigenvalue weighted by molar-refractivity contribution is 5.74. The molecule has 1 aromatic heterocycles. The molecule has 0 radical (unpaired) electrons. The first-order chi connectivity index (χ1) is 15.1. The number of carbonyl (C=O) groups excluding carboxylic acids is 1. The monoisotopic (exact) mass is 424 g/mol. The summed E-state index contributed by atoms with van der Waals surface area (Å²) in [6.07, 6.45) is 3.68. The molecule has 0 atom stereocenters. The van der Waals surface area contributed by atoms with E-state index in [2.05, 4.69) is 21.8 Å². The lowest BCUT2D eigenvalue weighted by Crippen LogP contribution is -2.34. The van der Waals surface area contributed by atoms with Crippen LogP contribution in [0, 0.1) is 0 Å². The van der Waals surface area contributed by atoms with Gasteiger partial charge in [0.15, 0.2) is 11.5 Å². The van der Waals surface area contributed by atoms with Crippen molar-refractivity contribution in [2.45, 2.75) is 26.6 Å². The molecule has 8 heteroatoms. The average molecular weight is 425 g/mol. The first-order valence-electron chi connectivity index (χ1n) is 10.1. The lowest BCUT2D eigenvalue weighted by molar-refractivity contribution is 0.240. The summed E-state index contributed by atoms with van der Waals surface area (Å²) < 4.78 is 18.3. The number of hydrogen-bond donors (Lipinski definition) is 2. The molecule has 2 N–H and O–H groups in total. The molecule has 3 rings (SSSR count). The number of carbonyl (C=O) groups is 1. The molecule has 2 aromatic carbocycles. The van der Waals surface area contributed by atoms with E-state index in [0.29, 0.717) is 43.5 Å². The third-order valence-corrected chi connectivity index (χ3v) is 4.61. The number of rotatable bonds is 10. The van der Waals surface area contributed by atoms with Crippen molar-refractivity contribution in [3.63, 3.8) is 0 Å². The van der Waals surface area contributed by atoms with E-state index in [9.17, 15) is 4.79 Å². The molecular weight excluding hydrogens is 396 g/mol. The molecule has 0 unspecified atom stereocenters. The Balaban J connectivity index is 1.55. The Kier molecular flexibility index (Phi) is 7.75. The molecule has 0 saturated carbocycles. The molecule has 3 aromatic rings. The smallest absolute Gasteiger partial charge is 0.315 e. The second kappa shape index (κ2) is 10.9. The van der Waals surface area contributed by atoms with Crippen molar-refractivity contribution in [2.75, 3.05) is 20.8 Å². The van der Waals surface area contributed by atoms with Crippen LogP contribution in [0.3, 0.4) is 0 Å². The number of nitrogens with zero attached hydrogens (tertiary/aromatic N) is 2. The summed E-state index contributed by atoms with van der Waals surface area (Å²) in [6, 6.07) is 13.3. The summed E-state index contributed by atoms with van der Waals surface area (Å²) in [5.74, 6) is 1.68. The van der Waals surface area contributed by atoms with E-state index in [4.69, 9.17) is 14.2 Å². The van der Waals surface area contributed by atoms with Crippen LogP contribution < -0.4 is 24.8 Å². The fourth-order valence-corrected chi connectivity index (χ4v) is 3.17. The number of ether oxygens (including phenoxy) is 3. The molecule has 0 saturated heterocycles. The van der Waals surface area contributed by atoms with Crippen molar-refractivity contribution in [2.24, 2.45) is 0 Å². The number of amides is 2. The highest BCUT2D eigenvalue weighted by Gasteiger charge is 2.14. The largest absolute Gasteiger partial charge is 0.493 e. The highest BCUT2D eigenvalue weighted by atomic mass is 16.5. The van der Waals surface area contributed by atoms with E-state index in [-0.39, 0.29) is 6.03 Å². The van der Waals surface area contributed by atoms with Gasteiger partial charge in [0.2, 0.25) is 5.75 Å². The Hall–Kier alpha value is -3.68. The van der Waals surface area contributed by atoms with E-state index in [0.717, 1.165) is 16.7 Å². The van der Waals surface area contributed by atoms with E-state index in [1.807, 2.05) is 54.2 Å².